The maximum absolute atomic E-state index is 6.17. The van der Waals surface area contributed by atoms with Gasteiger partial charge in [0.1, 0.15) is 0 Å². The van der Waals surface area contributed by atoms with Gasteiger partial charge >= 0.3 is 0 Å². The van der Waals surface area contributed by atoms with Crippen molar-refractivity contribution in [1.82, 2.24) is 0 Å². The summed E-state index contributed by atoms with van der Waals surface area (Å²) in [5.74, 6) is 1.28. The summed E-state index contributed by atoms with van der Waals surface area (Å²) in [6.07, 6.45) is 5.20. The Morgan fingerprint density at radius 3 is 2.86 bits per heavy atom. The molecule has 1 heterocycles. The van der Waals surface area contributed by atoms with Crippen LogP contribution in [0.2, 0.25) is 5.02 Å². The Hall–Kier alpha value is -0.0500. The summed E-state index contributed by atoms with van der Waals surface area (Å²) in [6, 6.07) is 2.00. The molecule has 1 nitrogen and oxygen atoms in total. The number of hydrogen-bond acceptors (Lipinski definition) is 2. The molecule has 2 N–H and O–H groups in total. The van der Waals surface area contributed by atoms with Gasteiger partial charge in [0.15, 0.2) is 0 Å². The van der Waals surface area contributed by atoms with Gasteiger partial charge in [0, 0.05) is 4.88 Å². The number of thiophene rings is 1. The van der Waals surface area contributed by atoms with Gasteiger partial charge in [-0.05, 0) is 42.7 Å². The Morgan fingerprint density at radius 1 is 1.43 bits per heavy atom. The minimum Gasteiger partial charge on any atom is -0.330 e. The lowest BCUT2D eigenvalue weighted by atomic mass is 9.78. The molecule has 0 saturated heterocycles. The fourth-order valence-electron chi connectivity index (χ4n) is 2.40. The summed E-state index contributed by atoms with van der Waals surface area (Å²) in [7, 11) is 0. The molecule has 0 spiro atoms. The van der Waals surface area contributed by atoms with E-state index in [1.807, 2.05) is 6.07 Å². The van der Waals surface area contributed by atoms with E-state index >= 15 is 0 Å². The molecule has 2 rings (SSSR count). The Labute approximate surface area is 94.3 Å². The molecule has 1 aliphatic carbocycles. The van der Waals surface area contributed by atoms with Crippen LogP contribution >= 0.6 is 22.9 Å². The fraction of sp³-hybridized carbons (Fsp3) is 0.636. The first-order valence-corrected chi connectivity index (χ1v) is 6.51. The molecule has 0 amide bonds. The minimum atomic E-state index is 0.626. The zero-order valence-corrected chi connectivity index (χ0v) is 9.78. The molecule has 78 valence electrons. The van der Waals surface area contributed by atoms with Crippen LogP contribution in [0, 0.1) is 5.92 Å². The zero-order valence-electron chi connectivity index (χ0n) is 8.21. The molecular weight excluding hydrogens is 214 g/mol. The summed E-state index contributed by atoms with van der Waals surface area (Å²) in [5, 5.41) is 3.03. The van der Waals surface area contributed by atoms with E-state index in [4.69, 9.17) is 17.3 Å². The van der Waals surface area contributed by atoms with Crippen molar-refractivity contribution in [3.63, 3.8) is 0 Å². The molecule has 0 radical (unpaired) electrons. The van der Waals surface area contributed by atoms with E-state index in [9.17, 15) is 0 Å². The van der Waals surface area contributed by atoms with Crippen molar-refractivity contribution < 1.29 is 0 Å². The Bertz CT molecular complexity index is 297. The first kappa shape index (κ1) is 10.5. The number of nitrogens with two attached hydrogens (primary N) is 1. The number of rotatable bonds is 2. The maximum atomic E-state index is 6.17. The Kier molecular flexibility index (Phi) is 3.47. The second-order valence-electron chi connectivity index (χ2n) is 4.02. The third-order valence-electron chi connectivity index (χ3n) is 3.19. The highest BCUT2D eigenvalue weighted by atomic mass is 35.5. The van der Waals surface area contributed by atoms with Gasteiger partial charge in [0.2, 0.25) is 0 Å². The van der Waals surface area contributed by atoms with E-state index in [0.717, 1.165) is 11.6 Å². The van der Waals surface area contributed by atoms with E-state index < -0.39 is 0 Å². The minimum absolute atomic E-state index is 0.626. The monoisotopic (exact) mass is 229 g/mol. The van der Waals surface area contributed by atoms with Crippen LogP contribution in [-0.2, 0) is 0 Å². The molecule has 1 aliphatic rings. The average Bonchev–Trinajstić information content (AvgIpc) is 2.64. The molecule has 0 aliphatic heterocycles. The van der Waals surface area contributed by atoms with Crippen molar-refractivity contribution in [2.75, 3.05) is 6.54 Å². The molecule has 0 bridgehead atoms. The standard InChI is InChI=1S/C11H16ClNS/c12-10-5-6-14-11(10)9-4-2-1-3-8(9)7-13/h5-6,8-9H,1-4,7,13H2. The smallest absolute Gasteiger partial charge is 0.0547 e. The SMILES string of the molecule is NCC1CCCCC1c1sccc1Cl. The Morgan fingerprint density at radius 2 is 2.21 bits per heavy atom. The second kappa shape index (κ2) is 4.65. The fourth-order valence-corrected chi connectivity index (χ4v) is 3.83. The lowest BCUT2D eigenvalue weighted by Crippen LogP contribution is -2.24. The highest BCUT2D eigenvalue weighted by Gasteiger charge is 2.27. The van der Waals surface area contributed by atoms with Crippen molar-refractivity contribution in [2.45, 2.75) is 31.6 Å². The van der Waals surface area contributed by atoms with Gasteiger partial charge in [-0.1, -0.05) is 24.4 Å². The maximum Gasteiger partial charge on any atom is 0.0547 e. The first-order valence-electron chi connectivity index (χ1n) is 5.26. The van der Waals surface area contributed by atoms with E-state index in [-0.39, 0.29) is 0 Å². The summed E-state index contributed by atoms with van der Waals surface area (Å²) in [5.41, 5.74) is 5.81. The summed E-state index contributed by atoms with van der Waals surface area (Å²) in [6.45, 7) is 0.804. The van der Waals surface area contributed by atoms with Crippen molar-refractivity contribution in [3.8, 4) is 0 Å². The quantitative estimate of drug-likeness (QED) is 0.824. The number of hydrogen-bond donors (Lipinski definition) is 1. The molecule has 1 saturated carbocycles. The molecule has 2 atom stereocenters. The molecule has 3 heteroatoms. The molecule has 2 unspecified atom stereocenters. The molecular formula is C11H16ClNS. The number of halogens is 1. The molecule has 1 aromatic heterocycles. The summed E-state index contributed by atoms with van der Waals surface area (Å²) in [4.78, 5) is 1.36. The largest absolute Gasteiger partial charge is 0.330 e. The van der Waals surface area contributed by atoms with Crippen molar-refractivity contribution in [1.29, 1.82) is 0 Å². The van der Waals surface area contributed by atoms with Gasteiger partial charge in [0.05, 0.1) is 5.02 Å². The van der Waals surface area contributed by atoms with E-state index in [1.54, 1.807) is 11.3 Å². The third-order valence-corrected chi connectivity index (χ3v) is 4.68. The van der Waals surface area contributed by atoms with Gasteiger partial charge < -0.3 is 5.73 Å². The van der Waals surface area contributed by atoms with Gasteiger partial charge in [-0.3, -0.25) is 0 Å². The van der Waals surface area contributed by atoms with Crippen LogP contribution in [0.25, 0.3) is 0 Å². The topological polar surface area (TPSA) is 26.0 Å². The van der Waals surface area contributed by atoms with Gasteiger partial charge in [-0.25, -0.2) is 0 Å². The van der Waals surface area contributed by atoms with Crippen LogP contribution in [0.15, 0.2) is 11.4 Å². The lowest BCUT2D eigenvalue weighted by molar-refractivity contribution is 0.318. The van der Waals surface area contributed by atoms with Crippen molar-refractivity contribution >= 4 is 22.9 Å². The molecule has 0 aromatic carbocycles. The van der Waals surface area contributed by atoms with E-state index in [2.05, 4.69) is 5.38 Å². The van der Waals surface area contributed by atoms with Crippen LogP contribution in [0.5, 0.6) is 0 Å². The van der Waals surface area contributed by atoms with Crippen molar-refractivity contribution in [2.24, 2.45) is 11.7 Å². The van der Waals surface area contributed by atoms with Crippen LogP contribution in [0.3, 0.4) is 0 Å². The van der Waals surface area contributed by atoms with E-state index in [0.29, 0.717) is 11.8 Å². The zero-order chi connectivity index (χ0) is 9.97. The summed E-state index contributed by atoms with van der Waals surface area (Å²) >= 11 is 7.95. The van der Waals surface area contributed by atoms with Crippen LogP contribution in [-0.4, -0.2) is 6.54 Å². The van der Waals surface area contributed by atoms with Gasteiger partial charge in [-0.15, -0.1) is 11.3 Å². The summed E-state index contributed by atoms with van der Waals surface area (Å²) < 4.78 is 0. The predicted octanol–water partition coefficient (Wildman–Crippen LogP) is 3.63. The Balaban J connectivity index is 2.19. The van der Waals surface area contributed by atoms with Gasteiger partial charge in [-0.2, -0.15) is 0 Å². The predicted molar refractivity (Wildman–Crippen MR) is 63.1 cm³/mol. The highest BCUT2D eigenvalue weighted by Crippen LogP contribution is 2.42. The van der Waals surface area contributed by atoms with E-state index in [1.165, 1.54) is 30.6 Å². The second-order valence-corrected chi connectivity index (χ2v) is 5.37. The molecule has 14 heavy (non-hydrogen) atoms. The molecule has 1 fully saturated rings. The average molecular weight is 230 g/mol. The van der Waals surface area contributed by atoms with Crippen LogP contribution in [0.4, 0.5) is 0 Å². The van der Waals surface area contributed by atoms with Crippen LogP contribution < -0.4 is 5.73 Å². The normalized spacial score (nSPS) is 27.9. The third kappa shape index (κ3) is 1.97. The van der Waals surface area contributed by atoms with Crippen molar-refractivity contribution in [3.05, 3.63) is 21.3 Å². The first-order chi connectivity index (χ1) is 6.83. The molecule has 1 aromatic rings. The van der Waals surface area contributed by atoms with Gasteiger partial charge in [0.25, 0.3) is 0 Å². The highest BCUT2D eigenvalue weighted by molar-refractivity contribution is 7.10. The van der Waals surface area contributed by atoms with Crippen LogP contribution in [0.1, 0.15) is 36.5 Å². The lowest BCUT2D eigenvalue weighted by Gasteiger charge is -2.30.